The van der Waals surface area contributed by atoms with Crippen molar-refractivity contribution in [3.05, 3.63) is 0 Å². The Bertz CT molecular complexity index is 324. The highest BCUT2D eigenvalue weighted by Gasteiger charge is 2.26. The average molecular weight is 286 g/mol. The zero-order valence-electron chi connectivity index (χ0n) is 11.1. The summed E-state index contributed by atoms with van der Waals surface area (Å²) >= 11 is 1.95. The average Bonchev–Trinajstić information content (AvgIpc) is 2.90. The quantitative estimate of drug-likeness (QED) is 0.735. The number of aliphatic carboxylic acids is 1. The maximum absolute atomic E-state index is 11.7. The molecular weight excluding hydrogens is 264 g/mol. The van der Waals surface area contributed by atoms with E-state index in [0.717, 1.165) is 25.1 Å². The molecule has 0 spiro atoms. The van der Waals surface area contributed by atoms with Gasteiger partial charge in [-0.1, -0.05) is 0 Å². The second kappa shape index (κ2) is 7.03. The molecule has 2 aliphatic rings. The van der Waals surface area contributed by atoms with E-state index in [1.807, 2.05) is 11.8 Å². The van der Waals surface area contributed by atoms with Crippen molar-refractivity contribution in [2.24, 2.45) is 11.8 Å². The van der Waals surface area contributed by atoms with Crippen LogP contribution < -0.4 is 10.6 Å². The van der Waals surface area contributed by atoms with Crippen LogP contribution in [0.4, 0.5) is 4.79 Å². The maximum atomic E-state index is 11.7. The van der Waals surface area contributed by atoms with Crippen molar-refractivity contribution in [3.8, 4) is 0 Å². The number of carbonyl (C=O) groups excluding carboxylic acids is 1. The maximum Gasteiger partial charge on any atom is 0.315 e. The predicted octanol–water partition coefficient (Wildman–Crippen LogP) is 1.68. The highest BCUT2D eigenvalue weighted by Crippen LogP contribution is 2.24. The van der Waals surface area contributed by atoms with Crippen LogP contribution in [0.2, 0.25) is 0 Å². The molecule has 0 aromatic carbocycles. The van der Waals surface area contributed by atoms with Gasteiger partial charge in [0.15, 0.2) is 0 Å². The van der Waals surface area contributed by atoms with Gasteiger partial charge in [0.2, 0.25) is 0 Å². The molecule has 5 nitrogen and oxygen atoms in total. The smallest absolute Gasteiger partial charge is 0.315 e. The summed E-state index contributed by atoms with van der Waals surface area (Å²) in [4.78, 5) is 22.6. The zero-order chi connectivity index (χ0) is 13.7. The molecule has 1 unspecified atom stereocenters. The minimum atomic E-state index is -0.707. The first-order valence-corrected chi connectivity index (χ1v) is 8.15. The SMILES string of the molecule is O=C(NCC1CCSC1)NC1CCC(C(=O)O)CC1. The number of hydrogen-bond acceptors (Lipinski definition) is 3. The van der Waals surface area contributed by atoms with E-state index >= 15 is 0 Å². The molecule has 0 bridgehead atoms. The molecule has 0 radical (unpaired) electrons. The summed E-state index contributed by atoms with van der Waals surface area (Å²) in [5, 5.41) is 14.8. The van der Waals surface area contributed by atoms with Gasteiger partial charge in [0.1, 0.15) is 0 Å². The summed E-state index contributed by atoms with van der Waals surface area (Å²) in [5.41, 5.74) is 0. The van der Waals surface area contributed by atoms with Crippen LogP contribution in [0.15, 0.2) is 0 Å². The molecule has 1 saturated carbocycles. The van der Waals surface area contributed by atoms with E-state index in [1.54, 1.807) is 0 Å². The molecule has 6 heteroatoms. The number of rotatable bonds is 4. The van der Waals surface area contributed by atoms with Crippen LogP contribution in [0.1, 0.15) is 32.1 Å². The fraction of sp³-hybridized carbons (Fsp3) is 0.846. The minimum absolute atomic E-state index is 0.101. The molecule has 0 aromatic heterocycles. The lowest BCUT2D eigenvalue weighted by molar-refractivity contribution is -0.142. The molecule has 108 valence electrons. The molecule has 3 N–H and O–H groups in total. The van der Waals surface area contributed by atoms with Crippen molar-refractivity contribution in [1.82, 2.24) is 10.6 Å². The van der Waals surface area contributed by atoms with Crippen molar-refractivity contribution in [2.45, 2.75) is 38.1 Å². The van der Waals surface area contributed by atoms with Gasteiger partial charge in [-0.15, -0.1) is 0 Å². The van der Waals surface area contributed by atoms with Crippen molar-refractivity contribution in [3.63, 3.8) is 0 Å². The van der Waals surface area contributed by atoms with E-state index in [1.165, 1.54) is 12.2 Å². The zero-order valence-corrected chi connectivity index (χ0v) is 11.9. The second-order valence-corrected chi connectivity index (χ2v) is 6.62. The third kappa shape index (κ3) is 4.60. The molecule has 1 heterocycles. The van der Waals surface area contributed by atoms with Crippen LogP contribution in [0.25, 0.3) is 0 Å². The van der Waals surface area contributed by atoms with Crippen molar-refractivity contribution in [1.29, 1.82) is 0 Å². The first-order chi connectivity index (χ1) is 9.15. The largest absolute Gasteiger partial charge is 0.481 e. The van der Waals surface area contributed by atoms with Gasteiger partial charge in [-0.3, -0.25) is 4.79 Å². The molecule has 0 aromatic rings. The summed E-state index contributed by atoms with van der Waals surface area (Å²) in [6.07, 6.45) is 4.06. The van der Waals surface area contributed by atoms with Gasteiger partial charge in [0.25, 0.3) is 0 Å². The van der Waals surface area contributed by atoms with Gasteiger partial charge in [-0.05, 0) is 49.5 Å². The number of nitrogens with one attached hydrogen (secondary N) is 2. The molecule has 1 aliphatic heterocycles. The van der Waals surface area contributed by atoms with E-state index in [9.17, 15) is 9.59 Å². The molecule has 1 aliphatic carbocycles. The van der Waals surface area contributed by atoms with E-state index in [4.69, 9.17) is 5.11 Å². The van der Waals surface area contributed by atoms with Gasteiger partial charge < -0.3 is 15.7 Å². The number of carbonyl (C=O) groups is 2. The topological polar surface area (TPSA) is 78.4 Å². The molecule has 1 saturated heterocycles. The van der Waals surface area contributed by atoms with E-state index in [2.05, 4.69) is 10.6 Å². The second-order valence-electron chi connectivity index (χ2n) is 5.47. The molecule has 2 amide bonds. The first-order valence-electron chi connectivity index (χ1n) is 7.00. The van der Waals surface area contributed by atoms with E-state index in [-0.39, 0.29) is 18.0 Å². The molecular formula is C13H22N2O3S. The van der Waals surface area contributed by atoms with Crippen LogP contribution in [0, 0.1) is 11.8 Å². The van der Waals surface area contributed by atoms with Crippen molar-refractivity contribution in [2.75, 3.05) is 18.1 Å². The number of hydrogen-bond donors (Lipinski definition) is 3. The van der Waals surface area contributed by atoms with Crippen LogP contribution in [-0.4, -0.2) is 41.2 Å². The highest BCUT2D eigenvalue weighted by molar-refractivity contribution is 7.99. The Morgan fingerprint density at radius 2 is 1.89 bits per heavy atom. The Balaban J connectivity index is 1.61. The first kappa shape index (κ1) is 14.5. The Morgan fingerprint density at radius 1 is 1.16 bits per heavy atom. The normalized spacial score (nSPS) is 30.8. The fourth-order valence-corrected chi connectivity index (χ4v) is 3.99. The highest BCUT2D eigenvalue weighted by atomic mass is 32.2. The predicted molar refractivity (Wildman–Crippen MR) is 75.3 cm³/mol. The van der Waals surface area contributed by atoms with Gasteiger partial charge in [0.05, 0.1) is 5.92 Å². The number of urea groups is 1. The lowest BCUT2D eigenvalue weighted by atomic mass is 9.86. The van der Waals surface area contributed by atoms with Crippen LogP contribution in [0.3, 0.4) is 0 Å². The molecule has 19 heavy (non-hydrogen) atoms. The number of carboxylic acids is 1. The Morgan fingerprint density at radius 3 is 2.47 bits per heavy atom. The number of thioether (sulfide) groups is 1. The third-order valence-corrected chi connectivity index (χ3v) is 5.22. The Hall–Kier alpha value is -0.910. The Kier molecular flexibility index (Phi) is 5.36. The summed E-state index contributed by atoms with van der Waals surface area (Å²) in [7, 11) is 0. The number of carboxylic acid groups (broad SMARTS) is 1. The van der Waals surface area contributed by atoms with Gasteiger partial charge in [0, 0.05) is 12.6 Å². The molecule has 2 rings (SSSR count). The van der Waals surface area contributed by atoms with Crippen LogP contribution in [-0.2, 0) is 4.79 Å². The van der Waals surface area contributed by atoms with Crippen molar-refractivity contribution < 1.29 is 14.7 Å². The summed E-state index contributed by atoms with van der Waals surface area (Å²) < 4.78 is 0. The monoisotopic (exact) mass is 286 g/mol. The van der Waals surface area contributed by atoms with Crippen LogP contribution in [0.5, 0.6) is 0 Å². The third-order valence-electron chi connectivity index (χ3n) is 3.99. The van der Waals surface area contributed by atoms with Gasteiger partial charge in [-0.25, -0.2) is 4.79 Å². The minimum Gasteiger partial charge on any atom is -0.481 e. The van der Waals surface area contributed by atoms with Gasteiger partial charge in [-0.2, -0.15) is 11.8 Å². The number of amides is 2. The molecule has 1 atom stereocenters. The molecule has 2 fully saturated rings. The van der Waals surface area contributed by atoms with E-state index < -0.39 is 5.97 Å². The lowest BCUT2D eigenvalue weighted by Crippen LogP contribution is -2.45. The lowest BCUT2D eigenvalue weighted by Gasteiger charge is -2.27. The fourth-order valence-electron chi connectivity index (χ4n) is 2.70. The standard InChI is InChI=1S/C13H22N2O3S/c16-12(17)10-1-3-11(4-2-10)15-13(18)14-7-9-5-6-19-8-9/h9-11H,1-8H2,(H,16,17)(H2,14,15,18). The Labute approximate surface area is 117 Å². The van der Waals surface area contributed by atoms with E-state index in [0.29, 0.717) is 18.8 Å². The van der Waals surface area contributed by atoms with Crippen LogP contribution >= 0.6 is 11.8 Å². The van der Waals surface area contributed by atoms with Gasteiger partial charge >= 0.3 is 12.0 Å². The summed E-state index contributed by atoms with van der Waals surface area (Å²) in [5.74, 6) is 2.02. The summed E-state index contributed by atoms with van der Waals surface area (Å²) in [6, 6.07) is 0.0317. The summed E-state index contributed by atoms with van der Waals surface area (Å²) in [6.45, 7) is 0.753. The van der Waals surface area contributed by atoms with Crippen molar-refractivity contribution >= 4 is 23.8 Å².